The van der Waals surface area contributed by atoms with Gasteiger partial charge in [-0.25, -0.2) is 0 Å². The molecule has 1 aromatic rings. The molecule has 1 unspecified atom stereocenters. The van der Waals surface area contributed by atoms with E-state index in [9.17, 15) is 0 Å². The maximum Gasteiger partial charge on any atom is 0.124 e. The summed E-state index contributed by atoms with van der Waals surface area (Å²) in [5.74, 6) is 0.845. The molecule has 0 aliphatic rings. The van der Waals surface area contributed by atoms with Gasteiger partial charge in [-0.2, -0.15) is 0 Å². The van der Waals surface area contributed by atoms with Gasteiger partial charge in [0.15, 0.2) is 0 Å². The number of nitrogen functional groups attached to an aromatic ring is 1. The fourth-order valence-electron chi connectivity index (χ4n) is 1.95. The van der Waals surface area contributed by atoms with Crippen LogP contribution in [0.3, 0.4) is 0 Å². The monoisotopic (exact) mass is 269 g/mol. The molecule has 0 aliphatic heterocycles. The van der Waals surface area contributed by atoms with Crippen molar-refractivity contribution in [1.82, 2.24) is 0 Å². The van der Waals surface area contributed by atoms with Crippen molar-refractivity contribution in [3.05, 3.63) is 22.7 Å². The summed E-state index contributed by atoms with van der Waals surface area (Å²) in [6, 6.07) is 3.68. The van der Waals surface area contributed by atoms with Gasteiger partial charge in [-0.3, -0.25) is 0 Å². The van der Waals surface area contributed by atoms with E-state index in [4.69, 9.17) is 22.1 Å². The standard InChI is InChI=1S/C15H24ClNO/c1-4-5-6-7-8-12(3)18-15-10-13(16)14(17)9-11(15)2/h9-10,12H,4-8,17H2,1-3H3. The smallest absolute Gasteiger partial charge is 0.124 e. The number of nitrogens with two attached hydrogens (primary N) is 1. The zero-order chi connectivity index (χ0) is 13.5. The second kappa shape index (κ2) is 7.52. The van der Waals surface area contributed by atoms with Crippen LogP contribution in [0.5, 0.6) is 5.75 Å². The molecule has 0 fully saturated rings. The molecule has 102 valence electrons. The average molecular weight is 270 g/mol. The molecule has 18 heavy (non-hydrogen) atoms. The summed E-state index contributed by atoms with van der Waals surface area (Å²) in [7, 11) is 0. The lowest BCUT2D eigenvalue weighted by molar-refractivity contribution is 0.205. The van der Waals surface area contributed by atoms with E-state index in [-0.39, 0.29) is 6.10 Å². The molecule has 0 aliphatic carbocycles. The summed E-state index contributed by atoms with van der Waals surface area (Å²) in [4.78, 5) is 0. The largest absolute Gasteiger partial charge is 0.490 e. The zero-order valence-electron chi connectivity index (χ0n) is 11.6. The highest BCUT2D eigenvalue weighted by Crippen LogP contribution is 2.29. The molecule has 0 aromatic heterocycles. The van der Waals surface area contributed by atoms with Crippen molar-refractivity contribution in [2.24, 2.45) is 0 Å². The Morgan fingerprint density at radius 1 is 1.28 bits per heavy atom. The summed E-state index contributed by atoms with van der Waals surface area (Å²) in [5, 5.41) is 0.564. The second-order valence-electron chi connectivity index (χ2n) is 4.92. The third-order valence-corrected chi connectivity index (χ3v) is 3.41. The number of halogens is 1. The molecule has 0 heterocycles. The van der Waals surface area contributed by atoms with Crippen molar-refractivity contribution < 1.29 is 4.74 Å². The van der Waals surface area contributed by atoms with E-state index in [1.54, 1.807) is 0 Å². The van der Waals surface area contributed by atoms with E-state index in [1.807, 2.05) is 19.1 Å². The summed E-state index contributed by atoms with van der Waals surface area (Å²) >= 11 is 6.01. The van der Waals surface area contributed by atoms with Gasteiger partial charge >= 0.3 is 0 Å². The number of hydrogen-bond acceptors (Lipinski definition) is 2. The number of benzene rings is 1. The van der Waals surface area contributed by atoms with Gasteiger partial charge < -0.3 is 10.5 Å². The Morgan fingerprint density at radius 3 is 2.67 bits per heavy atom. The van der Waals surface area contributed by atoms with Crippen LogP contribution >= 0.6 is 11.6 Å². The van der Waals surface area contributed by atoms with Gasteiger partial charge in [0.25, 0.3) is 0 Å². The summed E-state index contributed by atoms with van der Waals surface area (Å²) in [6.45, 7) is 6.32. The highest BCUT2D eigenvalue weighted by atomic mass is 35.5. The number of hydrogen-bond donors (Lipinski definition) is 1. The fraction of sp³-hybridized carbons (Fsp3) is 0.600. The molecule has 1 aromatic carbocycles. The predicted octanol–water partition coefficient (Wildman–Crippen LogP) is 4.97. The van der Waals surface area contributed by atoms with E-state index in [1.165, 1.54) is 25.7 Å². The SMILES string of the molecule is CCCCCCC(C)Oc1cc(Cl)c(N)cc1C. The molecule has 0 radical (unpaired) electrons. The van der Waals surface area contributed by atoms with Crippen molar-refractivity contribution in [1.29, 1.82) is 0 Å². The minimum atomic E-state index is 0.222. The van der Waals surface area contributed by atoms with Crippen molar-refractivity contribution in [3.63, 3.8) is 0 Å². The summed E-state index contributed by atoms with van der Waals surface area (Å²) < 4.78 is 5.92. The molecule has 0 saturated heterocycles. The minimum Gasteiger partial charge on any atom is -0.490 e. The van der Waals surface area contributed by atoms with Crippen LogP contribution in [-0.4, -0.2) is 6.10 Å². The minimum absolute atomic E-state index is 0.222. The Balaban J connectivity index is 2.48. The van der Waals surface area contributed by atoms with Gasteiger partial charge in [0.05, 0.1) is 16.8 Å². The van der Waals surface area contributed by atoms with Crippen LogP contribution in [0.2, 0.25) is 5.02 Å². The second-order valence-corrected chi connectivity index (χ2v) is 5.32. The number of anilines is 1. The Bertz CT molecular complexity index is 379. The van der Waals surface area contributed by atoms with Crippen LogP contribution in [0.4, 0.5) is 5.69 Å². The van der Waals surface area contributed by atoms with Gasteiger partial charge in [-0.1, -0.05) is 37.8 Å². The van der Waals surface area contributed by atoms with Gasteiger partial charge in [0.2, 0.25) is 0 Å². The van der Waals surface area contributed by atoms with E-state index in [0.717, 1.165) is 17.7 Å². The first kappa shape index (κ1) is 15.2. The van der Waals surface area contributed by atoms with Gasteiger partial charge in [0.1, 0.15) is 5.75 Å². The van der Waals surface area contributed by atoms with Crippen LogP contribution in [0.15, 0.2) is 12.1 Å². The van der Waals surface area contributed by atoms with E-state index < -0.39 is 0 Å². The molecule has 1 atom stereocenters. The van der Waals surface area contributed by atoms with Crippen molar-refractivity contribution in [2.75, 3.05) is 5.73 Å². The topological polar surface area (TPSA) is 35.2 Å². The maximum absolute atomic E-state index is 6.01. The first-order valence-electron chi connectivity index (χ1n) is 6.76. The normalized spacial score (nSPS) is 12.4. The Labute approximate surface area is 115 Å². The number of aryl methyl sites for hydroxylation is 1. The third-order valence-electron chi connectivity index (χ3n) is 3.09. The molecule has 3 heteroatoms. The van der Waals surface area contributed by atoms with Crippen molar-refractivity contribution in [3.8, 4) is 5.75 Å². The lowest BCUT2D eigenvalue weighted by Gasteiger charge is -2.17. The Kier molecular flexibility index (Phi) is 6.34. The molecule has 0 spiro atoms. The third kappa shape index (κ3) is 4.77. The molecular weight excluding hydrogens is 246 g/mol. The highest BCUT2D eigenvalue weighted by Gasteiger charge is 2.09. The molecule has 2 N–H and O–H groups in total. The summed E-state index contributed by atoms with van der Waals surface area (Å²) in [5.41, 5.74) is 7.39. The van der Waals surface area contributed by atoms with Crippen molar-refractivity contribution in [2.45, 2.75) is 59.0 Å². The quantitative estimate of drug-likeness (QED) is 0.560. The van der Waals surface area contributed by atoms with Gasteiger partial charge in [0, 0.05) is 6.07 Å². The number of rotatable bonds is 7. The number of unbranched alkanes of at least 4 members (excludes halogenated alkanes) is 3. The average Bonchev–Trinajstić information content (AvgIpc) is 2.32. The highest BCUT2D eigenvalue weighted by molar-refractivity contribution is 6.33. The molecule has 0 amide bonds. The Morgan fingerprint density at radius 2 is 2.00 bits per heavy atom. The van der Waals surface area contributed by atoms with Crippen molar-refractivity contribution >= 4 is 17.3 Å². The van der Waals surface area contributed by atoms with Crippen LogP contribution in [0.25, 0.3) is 0 Å². The summed E-state index contributed by atoms with van der Waals surface area (Å²) in [6.07, 6.45) is 6.38. The van der Waals surface area contributed by atoms with Crippen LogP contribution in [0.1, 0.15) is 51.5 Å². The maximum atomic E-state index is 6.01. The molecule has 2 nitrogen and oxygen atoms in total. The van der Waals surface area contributed by atoms with E-state index in [0.29, 0.717) is 10.7 Å². The molecular formula is C15H24ClNO. The van der Waals surface area contributed by atoms with Crippen LogP contribution < -0.4 is 10.5 Å². The van der Waals surface area contributed by atoms with E-state index >= 15 is 0 Å². The van der Waals surface area contributed by atoms with E-state index in [2.05, 4.69) is 13.8 Å². The molecule has 1 rings (SSSR count). The van der Waals surface area contributed by atoms with Gasteiger partial charge in [-0.05, 0) is 38.3 Å². The molecule has 0 saturated carbocycles. The predicted molar refractivity (Wildman–Crippen MR) is 79.5 cm³/mol. The fourth-order valence-corrected chi connectivity index (χ4v) is 2.10. The number of ether oxygens (including phenoxy) is 1. The van der Waals surface area contributed by atoms with Crippen LogP contribution in [0, 0.1) is 6.92 Å². The first-order chi connectivity index (χ1) is 8.54. The van der Waals surface area contributed by atoms with Gasteiger partial charge in [-0.15, -0.1) is 0 Å². The lowest BCUT2D eigenvalue weighted by atomic mass is 10.1. The lowest BCUT2D eigenvalue weighted by Crippen LogP contribution is -2.12. The zero-order valence-corrected chi connectivity index (χ0v) is 12.4. The molecule has 0 bridgehead atoms. The van der Waals surface area contributed by atoms with Crippen LogP contribution in [-0.2, 0) is 0 Å². The first-order valence-corrected chi connectivity index (χ1v) is 7.14. The Hall–Kier alpha value is -0.890.